The van der Waals surface area contributed by atoms with Gasteiger partial charge in [0.05, 0.1) is 11.9 Å². The van der Waals surface area contributed by atoms with Crippen molar-refractivity contribution in [3.05, 3.63) is 54.3 Å². The Labute approximate surface area is 136 Å². The summed E-state index contributed by atoms with van der Waals surface area (Å²) in [6, 6.07) is 9.05. The highest BCUT2D eigenvalue weighted by atomic mass is 16.6. The Morgan fingerprint density at radius 2 is 2.08 bits per heavy atom. The first kappa shape index (κ1) is 14.4. The van der Waals surface area contributed by atoms with Gasteiger partial charge in [-0.2, -0.15) is 0 Å². The number of carbonyl (C=O) groups excluding carboxylic acids is 1. The van der Waals surface area contributed by atoms with Crippen molar-refractivity contribution in [1.82, 2.24) is 19.5 Å². The Kier molecular flexibility index (Phi) is 3.26. The molecule has 7 heteroatoms. The topological polar surface area (TPSA) is 83.0 Å². The van der Waals surface area contributed by atoms with Crippen molar-refractivity contribution < 1.29 is 13.9 Å². The fourth-order valence-corrected chi connectivity index (χ4v) is 2.47. The summed E-state index contributed by atoms with van der Waals surface area (Å²) in [7, 11) is 1.84. The number of carbonyl (C=O) groups is 1. The predicted molar refractivity (Wildman–Crippen MR) is 86.3 cm³/mol. The highest BCUT2D eigenvalue weighted by Crippen LogP contribution is 2.23. The molecule has 0 saturated carbocycles. The molecule has 0 amide bonds. The lowest BCUT2D eigenvalue weighted by Gasteiger charge is -2.09. The zero-order chi connectivity index (χ0) is 16.7. The van der Waals surface area contributed by atoms with Gasteiger partial charge in [0.1, 0.15) is 11.0 Å². The van der Waals surface area contributed by atoms with Crippen molar-refractivity contribution in [1.29, 1.82) is 0 Å². The van der Waals surface area contributed by atoms with Crippen LogP contribution in [0.1, 0.15) is 29.3 Å². The van der Waals surface area contributed by atoms with Crippen LogP contribution in [0.15, 0.2) is 47.3 Å². The normalized spacial score (nSPS) is 12.6. The van der Waals surface area contributed by atoms with Gasteiger partial charge in [0.25, 0.3) is 0 Å². The van der Waals surface area contributed by atoms with Crippen LogP contribution in [0.2, 0.25) is 0 Å². The molecule has 1 unspecified atom stereocenters. The molecule has 120 valence electrons. The average Bonchev–Trinajstić information content (AvgIpc) is 3.18. The SMILES string of the molecule is CC(OC(=O)c1cnc2c(c1)ncn2C)c1nc2ccccc2o1. The van der Waals surface area contributed by atoms with E-state index < -0.39 is 12.1 Å². The number of hydrogen-bond donors (Lipinski definition) is 0. The van der Waals surface area contributed by atoms with Gasteiger partial charge in [-0.25, -0.2) is 19.7 Å². The molecule has 3 aromatic heterocycles. The fourth-order valence-electron chi connectivity index (χ4n) is 2.47. The number of ether oxygens (including phenoxy) is 1. The first-order valence-corrected chi connectivity index (χ1v) is 7.45. The molecule has 0 aliphatic rings. The summed E-state index contributed by atoms with van der Waals surface area (Å²) >= 11 is 0. The second-order valence-electron chi connectivity index (χ2n) is 5.49. The van der Waals surface area contributed by atoms with Gasteiger partial charge < -0.3 is 13.7 Å². The molecule has 1 aromatic carbocycles. The lowest BCUT2D eigenvalue weighted by molar-refractivity contribution is 0.0282. The van der Waals surface area contributed by atoms with E-state index in [9.17, 15) is 4.79 Å². The fraction of sp³-hybridized carbons (Fsp3) is 0.176. The molecule has 0 spiro atoms. The summed E-state index contributed by atoms with van der Waals surface area (Å²) in [5.74, 6) is -0.138. The molecule has 24 heavy (non-hydrogen) atoms. The van der Waals surface area contributed by atoms with E-state index in [2.05, 4.69) is 15.0 Å². The standard InChI is InChI=1S/C17H14N4O3/c1-10(16-20-12-5-3-4-6-14(12)24-16)23-17(22)11-7-13-15(18-8-11)21(2)9-19-13/h3-10H,1-2H3. The van der Waals surface area contributed by atoms with E-state index in [0.717, 1.165) is 5.52 Å². The van der Waals surface area contributed by atoms with Gasteiger partial charge in [-0.1, -0.05) is 12.1 Å². The van der Waals surface area contributed by atoms with Gasteiger partial charge in [0.15, 0.2) is 17.3 Å². The van der Waals surface area contributed by atoms with Gasteiger partial charge in [-0.05, 0) is 25.1 Å². The number of aryl methyl sites for hydroxylation is 1. The highest BCUT2D eigenvalue weighted by Gasteiger charge is 2.19. The zero-order valence-corrected chi connectivity index (χ0v) is 13.1. The molecule has 0 bridgehead atoms. The van der Waals surface area contributed by atoms with E-state index >= 15 is 0 Å². The summed E-state index contributed by atoms with van der Waals surface area (Å²) in [5, 5.41) is 0. The van der Waals surface area contributed by atoms with Crippen molar-refractivity contribution in [2.24, 2.45) is 7.05 Å². The molecule has 0 N–H and O–H groups in total. The second kappa shape index (κ2) is 5.45. The monoisotopic (exact) mass is 322 g/mol. The van der Waals surface area contributed by atoms with Crippen LogP contribution in [0.25, 0.3) is 22.3 Å². The number of benzene rings is 1. The number of pyridine rings is 1. The minimum Gasteiger partial charge on any atom is -0.449 e. The lowest BCUT2D eigenvalue weighted by atomic mass is 10.2. The van der Waals surface area contributed by atoms with Crippen molar-refractivity contribution in [2.75, 3.05) is 0 Å². The number of hydrogen-bond acceptors (Lipinski definition) is 6. The van der Waals surface area contributed by atoms with Crippen LogP contribution in [0.4, 0.5) is 0 Å². The van der Waals surface area contributed by atoms with Crippen LogP contribution in [0.3, 0.4) is 0 Å². The van der Waals surface area contributed by atoms with Crippen LogP contribution in [-0.2, 0) is 11.8 Å². The third-order valence-corrected chi connectivity index (χ3v) is 3.73. The Balaban J connectivity index is 1.57. The molecule has 0 radical (unpaired) electrons. The number of nitrogens with zero attached hydrogens (tertiary/aromatic N) is 4. The molecule has 0 fully saturated rings. The second-order valence-corrected chi connectivity index (χ2v) is 5.49. The summed E-state index contributed by atoms with van der Waals surface area (Å²) < 4.78 is 12.8. The van der Waals surface area contributed by atoms with Gasteiger partial charge >= 0.3 is 5.97 Å². The predicted octanol–water partition coefficient (Wildman–Crippen LogP) is 3.03. The molecule has 0 aliphatic carbocycles. The van der Waals surface area contributed by atoms with Crippen LogP contribution in [-0.4, -0.2) is 25.5 Å². The van der Waals surface area contributed by atoms with Crippen LogP contribution in [0, 0.1) is 0 Å². The van der Waals surface area contributed by atoms with Gasteiger partial charge in [-0.3, -0.25) is 0 Å². The van der Waals surface area contributed by atoms with Crippen molar-refractivity contribution in [3.8, 4) is 0 Å². The van der Waals surface area contributed by atoms with Crippen molar-refractivity contribution in [2.45, 2.75) is 13.0 Å². The molecular formula is C17H14N4O3. The first-order valence-electron chi connectivity index (χ1n) is 7.45. The third kappa shape index (κ3) is 2.40. The summed E-state index contributed by atoms with van der Waals surface area (Å²) in [4.78, 5) is 25.1. The number of imidazole rings is 1. The quantitative estimate of drug-likeness (QED) is 0.539. The number of para-hydroxylation sites is 2. The van der Waals surface area contributed by atoms with Crippen LogP contribution in [0.5, 0.6) is 0 Å². The maximum absolute atomic E-state index is 12.3. The van der Waals surface area contributed by atoms with E-state index in [0.29, 0.717) is 28.2 Å². The molecule has 7 nitrogen and oxygen atoms in total. The minimum atomic E-state index is -0.607. The molecule has 0 aliphatic heterocycles. The van der Waals surface area contributed by atoms with Gasteiger partial charge in [-0.15, -0.1) is 0 Å². The van der Waals surface area contributed by atoms with E-state index in [1.54, 1.807) is 23.9 Å². The van der Waals surface area contributed by atoms with Crippen molar-refractivity contribution >= 4 is 28.2 Å². The molecule has 0 saturated heterocycles. The Bertz CT molecular complexity index is 1020. The number of aromatic nitrogens is 4. The van der Waals surface area contributed by atoms with Gasteiger partial charge in [0.2, 0.25) is 5.89 Å². The Morgan fingerprint density at radius 3 is 2.92 bits per heavy atom. The van der Waals surface area contributed by atoms with E-state index in [1.165, 1.54) is 6.20 Å². The van der Waals surface area contributed by atoms with E-state index in [1.807, 2.05) is 31.3 Å². The van der Waals surface area contributed by atoms with E-state index in [4.69, 9.17) is 9.15 Å². The van der Waals surface area contributed by atoms with Gasteiger partial charge in [0, 0.05) is 13.2 Å². The summed E-state index contributed by atoms with van der Waals surface area (Å²) in [6.07, 6.45) is 2.52. The Morgan fingerprint density at radius 1 is 1.25 bits per heavy atom. The minimum absolute atomic E-state index is 0.337. The zero-order valence-electron chi connectivity index (χ0n) is 13.1. The lowest BCUT2D eigenvalue weighted by Crippen LogP contribution is -2.10. The molecular weight excluding hydrogens is 308 g/mol. The molecule has 4 aromatic rings. The highest BCUT2D eigenvalue weighted by molar-refractivity contribution is 5.92. The van der Waals surface area contributed by atoms with Crippen molar-refractivity contribution in [3.63, 3.8) is 0 Å². The smallest absolute Gasteiger partial charge is 0.340 e. The number of fused-ring (bicyclic) bond motifs is 2. The third-order valence-electron chi connectivity index (χ3n) is 3.73. The van der Waals surface area contributed by atoms with E-state index in [-0.39, 0.29) is 0 Å². The number of oxazole rings is 1. The Hall–Kier alpha value is -3.22. The molecule has 1 atom stereocenters. The van der Waals surface area contributed by atoms with Crippen LogP contribution < -0.4 is 0 Å². The largest absolute Gasteiger partial charge is 0.449 e. The summed E-state index contributed by atoms with van der Waals surface area (Å²) in [6.45, 7) is 1.72. The first-order chi connectivity index (χ1) is 11.6. The molecule has 4 rings (SSSR count). The maximum Gasteiger partial charge on any atom is 0.340 e. The maximum atomic E-state index is 12.3. The number of esters is 1. The molecule has 3 heterocycles. The summed E-state index contributed by atoms with van der Waals surface area (Å²) in [5.41, 5.74) is 3.07. The number of rotatable bonds is 3. The average molecular weight is 322 g/mol. The van der Waals surface area contributed by atoms with Crippen LogP contribution >= 0.6 is 0 Å².